The van der Waals surface area contributed by atoms with Crippen LogP contribution in [-0.2, 0) is 0 Å². The van der Waals surface area contributed by atoms with E-state index in [1.54, 1.807) is 18.2 Å². The number of nitrogens with two attached hydrogens (primary N) is 1. The smallest absolute Gasteiger partial charge is 0.323 e. The maximum absolute atomic E-state index is 12.9. The Hall–Kier alpha value is -5.22. The molecule has 10 heteroatoms. The SMILES string of the molecule is NC(=O)c1ccc(N2CCN(C(c3ccccc3)c3ccccc3)CC2)c(NC(=O)Nc2ccc([N+](=O)[O-])cc2)c1. The lowest BCUT2D eigenvalue weighted by atomic mass is 9.96. The molecule has 208 valence electrons. The third-order valence-corrected chi connectivity index (χ3v) is 7.12. The predicted octanol–water partition coefficient (Wildman–Crippen LogP) is 5.25. The van der Waals surface area contributed by atoms with Crippen LogP contribution in [0.2, 0.25) is 0 Å². The number of amides is 3. The fourth-order valence-electron chi connectivity index (χ4n) is 5.12. The first-order valence-electron chi connectivity index (χ1n) is 13.2. The van der Waals surface area contributed by atoms with E-state index in [2.05, 4.69) is 69.0 Å². The summed E-state index contributed by atoms with van der Waals surface area (Å²) in [6.45, 7) is 2.95. The van der Waals surface area contributed by atoms with Crippen LogP contribution in [0.4, 0.5) is 27.5 Å². The van der Waals surface area contributed by atoms with Crippen LogP contribution in [0.3, 0.4) is 0 Å². The number of urea groups is 1. The number of carbonyl (C=O) groups excluding carboxylic acids is 2. The van der Waals surface area contributed by atoms with E-state index in [0.717, 1.165) is 18.8 Å². The topological polar surface area (TPSA) is 134 Å². The molecule has 1 fully saturated rings. The van der Waals surface area contributed by atoms with E-state index in [-0.39, 0.29) is 17.3 Å². The van der Waals surface area contributed by atoms with E-state index in [1.165, 1.54) is 35.4 Å². The standard InChI is InChI=1S/C31H30N6O4/c32-30(38)24-11-16-28(27(21-24)34-31(39)33-25-12-14-26(15-13-25)37(40)41)35-17-19-36(20-18-35)29(22-7-3-1-4-8-22)23-9-5-2-6-10-23/h1-16,21,29H,17-20H2,(H2,32,38)(H2,33,34,39). The first-order valence-corrected chi connectivity index (χ1v) is 13.2. The van der Waals surface area contributed by atoms with Gasteiger partial charge in [0.2, 0.25) is 5.91 Å². The van der Waals surface area contributed by atoms with Gasteiger partial charge in [0.25, 0.3) is 5.69 Å². The Morgan fingerprint density at radius 2 is 1.37 bits per heavy atom. The zero-order valence-electron chi connectivity index (χ0n) is 22.3. The molecule has 0 aromatic heterocycles. The molecule has 0 radical (unpaired) electrons. The number of hydrogen-bond acceptors (Lipinski definition) is 6. The molecule has 0 bridgehead atoms. The highest BCUT2D eigenvalue weighted by Crippen LogP contribution is 2.33. The molecular weight excluding hydrogens is 520 g/mol. The summed E-state index contributed by atoms with van der Waals surface area (Å²) in [7, 11) is 0. The summed E-state index contributed by atoms with van der Waals surface area (Å²) in [4.78, 5) is 39.8. The minimum absolute atomic E-state index is 0.0756. The van der Waals surface area contributed by atoms with Crippen molar-refractivity contribution in [3.8, 4) is 0 Å². The molecule has 41 heavy (non-hydrogen) atoms. The molecule has 1 heterocycles. The van der Waals surface area contributed by atoms with Gasteiger partial charge in [0, 0.05) is 49.6 Å². The number of anilines is 3. The number of carbonyl (C=O) groups is 2. The van der Waals surface area contributed by atoms with Crippen molar-refractivity contribution < 1.29 is 14.5 Å². The van der Waals surface area contributed by atoms with Crippen molar-refractivity contribution in [2.24, 2.45) is 5.73 Å². The van der Waals surface area contributed by atoms with E-state index in [1.807, 2.05) is 12.1 Å². The van der Waals surface area contributed by atoms with Crippen molar-refractivity contribution >= 4 is 34.7 Å². The third-order valence-electron chi connectivity index (χ3n) is 7.12. The Kier molecular flexibility index (Phi) is 8.21. The monoisotopic (exact) mass is 550 g/mol. The Labute approximate surface area is 237 Å². The van der Waals surface area contributed by atoms with Crippen LogP contribution in [0.5, 0.6) is 0 Å². The molecule has 0 saturated carbocycles. The van der Waals surface area contributed by atoms with Gasteiger partial charge in [-0.15, -0.1) is 0 Å². The van der Waals surface area contributed by atoms with Crippen molar-refractivity contribution in [2.75, 3.05) is 41.7 Å². The van der Waals surface area contributed by atoms with Crippen LogP contribution < -0.4 is 21.3 Å². The summed E-state index contributed by atoms with van der Waals surface area (Å²) in [5.41, 5.74) is 9.77. The van der Waals surface area contributed by atoms with E-state index >= 15 is 0 Å². The number of nitro groups is 1. The molecule has 3 amide bonds. The number of primary amides is 1. The van der Waals surface area contributed by atoms with Crippen molar-refractivity contribution in [2.45, 2.75) is 6.04 Å². The molecule has 4 N–H and O–H groups in total. The van der Waals surface area contributed by atoms with Crippen LogP contribution in [-0.4, -0.2) is 47.9 Å². The second kappa shape index (κ2) is 12.3. The molecule has 1 saturated heterocycles. The molecular formula is C31H30N6O4. The number of non-ortho nitro benzene ring substituents is 1. The first-order chi connectivity index (χ1) is 19.9. The van der Waals surface area contributed by atoms with Gasteiger partial charge in [-0.2, -0.15) is 0 Å². The molecule has 0 aliphatic carbocycles. The molecule has 5 rings (SSSR count). The Morgan fingerprint density at radius 1 is 0.780 bits per heavy atom. The average molecular weight is 551 g/mol. The Balaban J connectivity index is 1.33. The van der Waals surface area contributed by atoms with Crippen LogP contribution in [0.25, 0.3) is 0 Å². The molecule has 4 aromatic rings. The van der Waals surface area contributed by atoms with Crippen LogP contribution in [0.1, 0.15) is 27.5 Å². The fourth-order valence-corrected chi connectivity index (χ4v) is 5.12. The number of nitrogens with zero attached hydrogens (tertiary/aromatic N) is 3. The number of benzene rings is 4. The first kappa shape index (κ1) is 27.4. The van der Waals surface area contributed by atoms with Gasteiger partial charge in [-0.3, -0.25) is 19.8 Å². The molecule has 0 unspecified atom stereocenters. The average Bonchev–Trinajstić information content (AvgIpc) is 2.99. The lowest BCUT2D eigenvalue weighted by molar-refractivity contribution is -0.384. The fraction of sp³-hybridized carbons (Fsp3) is 0.161. The highest BCUT2D eigenvalue weighted by Gasteiger charge is 2.27. The van der Waals surface area contributed by atoms with E-state index in [9.17, 15) is 19.7 Å². The zero-order valence-corrected chi connectivity index (χ0v) is 22.3. The predicted molar refractivity (Wildman–Crippen MR) is 159 cm³/mol. The van der Waals surface area contributed by atoms with E-state index < -0.39 is 16.9 Å². The van der Waals surface area contributed by atoms with E-state index in [4.69, 9.17) is 5.73 Å². The number of rotatable bonds is 8. The number of piperazine rings is 1. The maximum atomic E-state index is 12.9. The zero-order chi connectivity index (χ0) is 28.8. The quantitative estimate of drug-likeness (QED) is 0.203. The van der Waals surface area contributed by atoms with Gasteiger partial charge in [0.15, 0.2) is 0 Å². The largest absolute Gasteiger partial charge is 0.367 e. The van der Waals surface area contributed by atoms with Crippen LogP contribution in [0, 0.1) is 10.1 Å². The van der Waals surface area contributed by atoms with Crippen LogP contribution >= 0.6 is 0 Å². The van der Waals surface area contributed by atoms with Crippen molar-refractivity contribution in [3.05, 3.63) is 130 Å². The summed E-state index contributed by atoms with van der Waals surface area (Å²) < 4.78 is 0. The van der Waals surface area contributed by atoms with Gasteiger partial charge in [-0.25, -0.2) is 4.79 Å². The summed E-state index contributed by atoms with van der Waals surface area (Å²) in [5.74, 6) is -0.603. The third kappa shape index (κ3) is 6.51. The molecule has 1 aliphatic heterocycles. The van der Waals surface area contributed by atoms with Crippen LogP contribution in [0.15, 0.2) is 103 Å². The van der Waals surface area contributed by atoms with Crippen molar-refractivity contribution in [1.82, 2.24) is 4.90 Å². The van der Waals surface area contributed by atoms with Crippen molar-refractivity contribution in [1.29, 1.82) is 0 Å². The highest BCUT2D eigenvalue weighted by atomic mass is 16.6. The van der Waals surface area contributed by atoms with Gasteiger partial charge in [-0.05, 0) is 41.5 Å². The van der Waals surface area contributed by atoms with E-state index in [0.29, 0.717) is 24.5 Å². The normalized spacial score (nSPS) is 13.5. The number of nitrogens with one attached hydrogen (secondary N) is 2. The summed E-state index contributed by atoms with van der Waals surface area (Å²) in [5, 5.41) is 16.4. The van der Waals surface area contributed by atoms with Gasteiger partial charge in [0.1, 0.15) is 0 Å². The number of hydrogen-bond donors (Lipinski definition) is 3. The summed E-state index contributed by atoms with van der Waals surface area (Å²) >= 11 is 0. The summed E-state index contributed by atoms with van der Waals surface area (Å²) in [6.07, 6.45) is 0. The molecule has 1 aliphatic rings. The number of nitro benzene ring substituents is 1. The summed E-state index contributed by atoms with van der Waals surface area (Å²) in [6, 6.07) is 31.0. The molecule has 4 aromatic carbocycles. The maximum Gasteiger partial charge on any atom is 0.323 e. The van der Waals surface area contributed by atoms with Gasteiger partial charge in [-0.1, -0.05) is 60.7 Å². The molecule has 0 atom stereocenters. The second-order valence-corrected chi connectivity index (χ2v) is 9.73. The Morgan fingerprint density at radius 3 is 1.90 bits per heavy atom. The minimum Gasteiger partial charge on any atom is -0.367 e. The minimum atomic E-state index is -0.603. The van der Waals surface area contributed by atoms with Gasteiger partial charge >= 0.3 is 6.03 Å². The lowest BCUT2D eigenvalue weighted by Gasteiger charge is -2.41. The van der Waals surface area contributed by atoms with Crippen molar-refractivity contribution in [3.63, 3.8) is 0 Å². The second-order valence-electron chi connectivity index (χ2n) is 9.73. The highest BCUT2D eigenvalue weighted by molar-refractivity contribution is 6.03. The molecule has 10 nitrogen and oxygen atoms in total. The lowest BCUT2D eigenvalue weighted by Crippen LogP contribution is -2.48. The Bertz CT molecular complexity index is 1480. The molecule has 0 spiro atoms. The van der Waals surface area contributed by atoms with Gasteiger partial charge < -0.3 is 21.3 Å². The van der Waals surface area contributed by atoms with Gasteiger partial charge in [0.05, 0.1) is 22.3 Å².